The Balaban J connectivity index is 1.93. The number of nitrogens with two attached hydrogens (primary N) is 1. The number of fused-ring (bicyclic) bond motifs is 2. The van der Waals surface area contributed by atoms with Gasteiger partial charge in [-0.15, -0.1) is 46.4 Å². The molecule has 760 valence electrons. The van der Waals surface area contributed by atoms with Gasteiger partial charge in [-0.05, 0) is 129 Å². The maximum atomic E-state index is 15.7. The van der Waals surface area contributed by atoms with Crippen LogP contribution in [0.5, 0.6) is 0 Å². The number of Topliss-reactive ketones (excluding diaryl/α,β-unsaturated/α-hetero) is 4. The average Bonchev–Trinajstić information content (AvgIpc) is 1.70. The molecular formula is C87H153Cl4N15O26. The van der Waals surface area contributed by atoms with Gasteiger partial charge in [0.05, 0.1) is 167 Å². The number of hydrogen-bond donors (Lipinski definition) is 13. The predicted octanol–water partition coefficient (Wildman–Crippen LogP) is -0.697. The molecule has 6 unspecified atom stereocenters. The van der Waals surface area contributed by atoms with E-state index in [1.165, 1.54) is 16.7 Å². The molecule has 41 nitrogen and oxygen atoms in total. The highest BCUT2D eigenvalue weighted by Crippen LogP contribution is 2.25. The average molecular weight is 1970 g/mol. The molecule has 0 aliphatic carbocycles. The summed E-state index contributed by atoms with van der Waals surface area (Å²) in [4.78, 5) is 195. The number of amides is 10. The maximum absolute atomic E-state index is 15.7. The molecule has 0 radical (unpaired) electrons. The fourth-order valence-electron chi connectivity index (χ4n) is 14.1. The van der Waals surface area contributed by atoms with Crippen LogP contribution in [-0.4, -0.2) is 408 Å². The van der Waals surface area contributed by atoms with E-state index >= 15 is 19.2 Å². The standard InChI is InChI=1S/C87H153Cl4N15O26/c1-66-84(117)67(17-21-74(107)93-26-6-36-121-44-52-129-56-48-125-40-10-30-97-78(111)60-88)101-64-82(115)106-35-5-16-73(106)87(120)71(20-24-77(110)96-29-9-39-124-47-55-132-59-51-128-43-13-33-100-81(114)63-91)104-69(14-2-3-25-92)85(118)68(18-22-75(108)94-27-7-37-122-45-53-130-57-49-126-41-11-31-98-79(112)61-89)102-65-83(116)105-34-4-15-72(105)86(119)70(103-66)19-23-76(109)95-28-8-38-123-46-54-131-58-50-127-42-12-32-99-80(113)62-90/h66-73,101-104H,2-65,92H2,1H3,(H,93,107)(H,94,108)(H,95,109)(H,96,110)(H,97,111)(H,98,112)(H,99,113)(H,100,114)/t66-,67?,68?,69-,70?,71?,72?,73?/m0/s1. The summed E-state index contributed by atoms with van der Waals surface area (Å²) in [6.07, 6.45) is 5.02. The number of nitrogens with one attached hydrogen (secondary N) is 12. The summed E-state index contributed by atoms with van der Waals surface area (Å²) < 4.78 is 67.4. The molecule has 0 aromatic heterocycles. The van der Waals surface area contributed by atoms with E-state index < -0.39 is 120 Å². The molecule has 3 saturated heterocycles. The lowest BCUT2D eigenvalue weighted by Gasteiger charge is -2.33. The number of unbranched alkanes of at least 4 members (excludes halogenated alkanes) is 1. The molecule has 132 heavy (non-hydrogen) atoms. The van der Waals surface area contributed by atoms with Crippen LogP contribution < -0.4 is 69.5 Å². The second kappa shape index (κ2) is 80.9. The van der Waals surface area contributed by atoms with E-state index in [0.29, 0.717) is 222 Å². The number of halogens is 4. The zero-order chi connectivity index (χ0) is 96.1. The number of ketones is 4. The van der Waals surface area contributed by atoms with E-state index in [4.69, 9.17) is 109 Å². The van der Waals surface area contributed by atoms with E-state index in [9.17, 15) is 47.9 Å². The number of nitrogens with zero attached hydrogens (tertiary/aromatic N) is 2. The summed E-state index contributed by atoms with van der Waals surface area (Å²) in [5.41, 5.74) is 6.06. The Morgan fingerprint density at radius 3 is 0.803 bits per heavy atom. The number of hydrogen-bond acceptors (Lipinski definition) is 31. The number of carbonyl (C=O) groups is 14. The van der Waals surface area contributed by atoms with E-state index in [1.54, 1.807) is 0 Å². The molecule has 45 heteroatoms. The highest BCUT2D eigenvalue weighted by Gasteiger charge is 2.43. The van der Waals surface area contributed by atoms with E-state index in [2.05, 4.69) is 63.8 Å². The SMILES string of the molecule is C[C@@H]1NC(CCC(=O)NCCCOCCOCCOCCCNC(=O)CCl)C(=O)C2CCCN2C(=O)CNC(CCC(=O)NCCCOCCOCCOCCCNC(=O)CCl)C(=O)[C@H](CCCCN)NC(CCC(=O)NCCCOCCOCCOCCCNC(=O)CCl)C(=O)C2CCCN2C(=O)CNC(CCC(=O)NCCCOCCOCCOCCCNC(=O)CCl)C1=O. The van der Waals surface area contributed by atoms with Crippen LogP contribution in [-0.2, 0) is 124 Å². The van der Waals surface area contributed by atoms with Crippen molar-refractivity contribution < 1.29 is 124 Å². The molecule has 0 saturated carbocycles. The van der Waals surface area contributed by atoms with Crippen molar-refractivity contribution in [2.45, 2.75) is 203 Å². The first-order valence-corrected chi connectivity index (χ1v) is 49.0. The van der Waals surface area contributed by atoms with Gasteiger partial charge in [-0.2, -0.15) is 0 Å². The number of rotatable bonds is 76. The van der Waals surface area contributed by atoms with Crippen LogP contribution in [0, 0.1) is 0 Å². The smallest absolute Gasteiger partial charge is 0.237 e. The molecule has 10 amide bonds. The van der Waals surface area contributed by atoms with Gasteiger partial charge in [-0.3, -0.25) is 88.4 Å². The largest absolute Gasteiger partial charge is 0.379 e. The van der Waals surface area contributed by atoms with Crippen molar-refractivity contribution in [3.8, 4) is 0 Å². The molecule has 3 rings (SSSR count). The number of ether oxygens (including phenoxy) is 12. The van der Waals surface area contributed by atoms with Gasteiger partial charge in [0.25, 0.3) is 0 Å². The van der Waals surface area contributed by atoms with Crippen molar-refractivity contribution in [1.82, 2.24) is 73.6 Å². The molecule has 3 fully saturated rings. The minimum Gasteiger partial charge on any atom is -0.379 e. The minimum absolute atomic E-state index is 0.107. The van der Waals surface area contributed by atoms with Crippen LogP contribution in [0.25, 0.3) is 0 Å². The summed E-state index contributed by atoms with van der Waals surface area (Å²) in [7, 11) is 0. The summed E-state index contributed by atoms with van der Waals surface area (Å²) in [6, 6.07) is -9.40. The van der Waals surface area contributed by atoms with Gasteiger partial charge in [0.15, 0.2) is 23.1 Å². The van der Waals surface area contributed by atoms with Crippen molar-refractivity contribution in [3.63, 3.8) is 0 Å². The third-order valence-electron chi connectivity index (χ3n) is 21.1. The molecule has 14 N–H and O–H groups in total. The Kier molecular flexibility index (Phi) is 73.6. The predicted molar refractivity (Wildman–Crippen MR) is 494 cm³/mol. The van der Waals surface area contributed by atoms with Crippen molar-refractivity contribution in [2.75, 3.05) is 267 Å². The lowest BCUT2D eigenvalue weighted by atomic mass is 9.92. The topological polar surface area (TPSA) is 527 Å². The summed E-state index contributed by atoms with van der Waals surface area (Å²) in [5.74, 6) is -6.21. The Labute approximate surface area is 797 Å². The fourth-order valence-corrected chi connectivity index (χ4v) is 14.5. The zero-order valence-corrected chi connectivity index (χ0v) is 80.5. The molecule has 3 aliphatic rings. The highest BCUT2D eigenvalue weighted by atomic mass is 35.5. The van der Waals surface area contributed by atoms with Gasteiger partial charge in [0, 0.05) is 144 Å². The van der Waals surface area contributed by atoms with Crippen LogP contribution >= 0.6 is 46.4 Å². The zero-order valence-electron chi connectivity index (χ0n) is 77.5. The number of alkyl halides is 4. The highest BCUT2D eigenvalue weighted by molar-refractivity contribution is 6.28. The Hall–Kier alpha value is -6.14. The molecule has 0 aromatic carbocycles. The van der Waals surface area contributed by atoms with Crippen LogP contribution in [0.3, 0.4) is 0 Å². The van der Waals surface area contributed by atoms with Gasteiger partial charge < -0.3 is 115 Å². The van der Waals surface area contributed by atoms with E-state index in [0.717, 1.165) is 0 Å². The van der Waals surface area contributed by atoms with E-state index in [-0.39, 0.29) is 203 Å². The van der Waals surface area contributed by atoms with Crippen molar-refractivity contribution in [2.24, 2.45) is 5.73 Å². The van der Waals surface area contributed by atoms with Crippen molar-refractivity contribution in [3.05, 3.63) is 0 Å². The third-order valence-corrected chi connectivity index (χ3v) is 22.1. The number of carbonyl (C=O) groups excluding carboxylic acids is 14. The Bertz CT molecular complexity index is 3220. The van der Waals surface area contributed by atoms with Gasteiger partial charge in [0.1, 0.15) is 23.5 Å². The molecule has 0 aromatic rings. The van der Waals surface area contributed by atoms with E-state index in [1.807, 2.05) is 0 Å². The van der Waals surface area contributed by atoms with Crippen LogP contribution in [0.15, 0.2) is 0 Å². The lowest BCUT2D eigenvalue weighted by molar-refractivity contribution is -0.139. The Morgan fingerprint density at radius 2 is 0.538 bits per heavy atom. The fraction of sp³-hybridized carbons (Fsp3) is 0.839. The molecule has 3 aliphatic heterocycles. The summed E-state index contributed by atoms with van der Waals surface area (Å²) in [6.45, 7) is 11.7. The molecule has 8 atom stereocenters. The second-order valence-electron chi connectivity index (χ2n) is 31.6. The van der Waals surface area contributed by atoms with Gasteiger partial charge in [-0.25, -0.2) is 0 Å². The molecule has 0 bridgehead atoms. The van der Waals surface area contributed by atoms with Gasteiger partial charge >= 0.3 is 0 Å². The first-order chi connectivity index (χ1) is 64.2. The summed E-state index contributed by atoms with van der Waals surface area (Å²) >= 11 is 22.0. The first-order valence-electron chi connectivity index (χ1n) is 46.9. The lowest BCUT2D eigenvalue weighted by Crippen LogP contribution is -2.59. The van der Waals surface area contributed by atoms with Crippen LogP contribution in [0.1, 0.15) is 155 Å². The molecular weight excluding hydrogens is 1810 g/mol. The quantitative estimate of drug-likeness (QED) is 0.0265. The Morgan fingerprint density at radius 1 is 0.303 bits per heavy atom. The van der Waals surface area contributed by atoms with Gasteiger partial charge in [-0.1, -0.05) is 6.42 Å². The van der Waals surface area contributed by atoms with Crippen molar-refractivity contribution >= 4 is 129 Å². The second-order valence-corrected chi connectivity index (χ2v) is 32.7. The minimum atomic E-state index is -1.23. The van der Waals surface area contributed by atoms with Crippen LogP contribution in [0.4, 0.5) is 0 Å². The van der Waals surface area contributed by atoms with Crippen LogP contribution in [0.2, 0.25) is 0 Å². The van der Waals surface area contributed by atoms with Crippen molar-refractivity contribution in [1.29, 1.82) is 0 Å². The monoisotopic (exact) mass is 1960 g/mol. The molecule has 0 spiro atoms. The normalized spacial score (nSPS) is 19.0. The first kappa shape index (κ1) is 120. The third kappa shape index (κ3) is 59.8. The maximum Gasteiger partial charge on any atom is 0.237 e. The molecule has 3 heterocycles. The summed E-state index contributed by atoms with van der Waals surface area (Å²) in [5, 5.41) is 35.0. The van der Waals surface area contributed by atoms with Gasteiger partial charge in [0.2, 0.25) is 59.1 Å².